The number of ether oxygens (including phenoxy) is 1. The van der Waals surface area contributed by atoms with Crippen molar-refractivity contribution in [1.82, 2.24) is 15.1 Å². The second-order valence-electron chi connectivity index (χ2n) is 6.08. The van der Waals surface area contributed by atoms with Crippen LogP contribution < -0.4 is 5.32 Å². The van der Waals surface area contributed by atoms with Crippen LogP contribution in [0.3, 0.4) is 0 Å². The molecule has 0 saturated heterocycles. The molecule has 0 spiro atoms. The maximum atomic E-state index is 12.2. The first-order valence-electron chi connectivity index (χ1n) is 8.22. The molecule has 0 saturated carbocycles. The van der Waals surface area contributed by atoms with Crippen LogP contribution in [0.15, 0.2) is 30.5 Å². The lowest BCUT2D eigenvalue weighted by Crippen LogP contribution is -2.29. The van der Waals surface area contributed by atoms with E-state index in [-0.39, 0.29) is 24.3 Å². The van der Waals surface area contributed by atoms with Gasteiger partial charge in [0.1, 0.15) is 6.54 Å². The first-order chi connectivity index (χ1) is 12.1. The molecular formula is C18H20ClN3O3. The van der Waals surface area contributed by atoms with E-state index in [9.17, 15) is 9.59 Å². The van der Waals surface area contributed by atoms with E-state index >= 15 is 0 Å². The number of nitrogens with one attached hydrogen (secondary N) is 1. The topological polar surface area (TPSA) is 73.2 Å². The van der Waals surface area contributed by atoms with Crippen molar-refractivity contribution in [3.05, 3.63) is 52.3 Å². The van der Waals surface area contributed by atoms with E-state index in [2.05, 4.69) is 10.4 Å². The van der Waals surface area contributed by atoms with Crippen LogP contribution in [0.2, 0.25) is 5.02 Å². The number of carbonyl (C=O) groups is 2. The zero-order valence-corrected chi connectivity index (χ0v) is 14.8. The van der Waals surface area contributed by atoms with Crippen molar-refractivity contribution in [2.45, 2.75) is 38.3 Å². The Morgan fingerprint density at radius 3 is 2.84 bits per heavy atom. The standard InChI is InChI=1S/C18H20ClN3O3/c1-25-18(24)14-3-2-4-16-15(14)10-21-22(16)11-17(23)20-9-12-5-7-13(19)8-6-12/h5-8,10,14H,2-4,9,11H2,1H3,(H,20,23). The third-order valence-corrected chi connectivity index (χ3v) is 4.70. The number of esters is 1. The Hall–Kier alpha value is -2.34. The first kappa shape index (κ1) is 17.5. The largest absolute Gasteiger partial charge is 0.469 e. The molecule has 1 unspecified atom stereocenters. The summed E-state index contributed by atoms with van der Waals surface area (Å²) in [5.41, 5.74) is 2.80. The Labute approximate surface area is 151 Å². The van der Waals surface area contributed by atoms with Crippen LogP contribution in [0.4, 0.5) is 0 Å². The highest BCUT2D eigenvalue weighted by molar-refractivity contribution is 6.30. The van der Waals surface area contributed by atoms with E-state index < -0.39 is 0 Å². The van der Waals surface area contributed by atoms with Gasteiger partial charge in [0.05, 0.1) is 19.2 Å². The van der Waals surface area contributed by atoms with Crippen LogP contribution in [-0.2, 0) is 33.8 Å². The lowest BCUT2D eigenvalue weighted by Gasteiger charge is -2.21. The van der Waals surface area contributed by atoms with Crippen LogP contribution in [-0.4, -0.2) is 28.8 Å². The van der Waals surface area contributed by atoms with Gasteiger partial charge in [-0.1, -0.05) is 23.7 Å². The summed E-state index contributed by atoms with van der Waals surface area (Å²) in [5, 5.41) is 7.84. The molecule has 0 bridgehead atoms. The molecule has 7 heteroatoms. The SMILES string of the molecule is COC(=O)C1CCCc2c1cnn2CC(=O)NCc1ccc(Cl)cc1. The summed E-state index contributed by atoms with van der Waals surface area (Å²) in [6, 6.07) is 7.33. The maximum Gasteiger partial charge on any atom is 0.313 e. The highest BCUT2D eigenvalue weighted by atomic mass is 35.5. The lowest BCUT2D eigenvalue weighted by molar-refractivity contribution is -0.142. The summed E-state index contributed by atoms with van der Waals surface area (Å²) >= 11 is 5.85. The summed E-state index contributed by atoms with van der Waals surface area (Å²) in [6.07, 6.45) is 4.13. The third kappa shape index (κ3) is 4.02. The van der Waals surface area contributed by atoms with Crippen molar-refractivity contribution in [3.8, 4) is 0 Å². The number of aromatic nitrogens is 2. The average molecular weight is 362 g/mol. The minimum absolute atomic E-state index is 0.124. The van der Waals surface area contributed by atoms with E-state index in [0.717, 1.165) is 36.1 Å². The van der Waals surface area contributed by atoms with Gasteiger partial charge in [-0.3, -0.25) is 14.3 Å². The van der Waals surface area contributed by atoms with Crippen molar-refractivity contribution in [2.75, 3.05) is 7.11 Å². The molecule has 132 valence electrons. The Kier molecular flexibility index (Phi) is 5.38. The van der Waals surface area contributed by atoms with Gasteiger partial charge in [-0.15, -0.1) is 0 Å². The molecule has 1 aliphatic rings. The zero-order valence-electron chi connectivity index (χ0n) is 14.0. The van der Waals surface area contributed by atoms with Gasteiger partial charge in [0.2, 0.25) is 5.91 Å². The molecular weight excluding hydrogens is 342 g/mol. The van der Waals surface area contributed by atoms with E-state index in [4.69, 9.17) is 16.3 Å². The number of rotatable bonds is 5. The summed E-state index contributed by atoms with van der Waals surface area (Å²) in [7, 11) is 1.39. The van der Waals surface area contributed by atoms with Crippen molar-refractivity contribution in [2.24, 2.45) is 0 Å². The highest BCUT2D eigenvalue weighted by Gasteiger charge is 2.30. The van der Waals surface area contributed by atoms with Gasteiger partial charge in [0.15, 0.2) is 0 Å². The number of carbonyl (C=O) groups excluding carboxylic acids is 2. The Balaban J connectivity index is 1.63. The molecule has 1 N–H and O–H groups in total. The van der Waals surface area contributed by atoms with Crippen LogP contribution in [0, 0.1) is 0 Å². The van der Waals surface area contributed by atoms with Gasteiger partial charge in [-0.25, -0.2) is 0 Å². The minimum atomic E-state index is -0.278. The van der Waals surface area contributed by atoms with Crippen molar-refractivity contribution in [1.29, 1.82) is 0 Å². The number of hydrogen-bond acceptors (Lipinski definition) is 4. The second kappa shape index (κ2) is 7.70. The van der Waals surface area contributed by atoms with Gasteiger partial charge < -0.3 is 10.1 Å². The smallest absolute Gasteiger partial charge is 0.313 e. The molecule has 1 heterocycles. The fraction of sp³-hybridized carbons (Fsp3) is 0.389. The first-order valence-corrected chi connectivity index (χ1v) is 8.60. The molecule has 1 amide bonds. The molecule has 1 aromatic carbocycles. The monoisotopic (exact) mass is 361 g/mol. The van der Waals surface area contributed by atoms with Crippen LogP contribution in [0.5, 0.6) is 0 Å². The van der Waals surface area contributed by atoms with Crippen molar-refractivity contribution < 1.29 is 14.3 Å². The predicted molar refractivity (Wildman–Crippen MR) is 93.2 cm³/mol. The Morgan fingerprint density at radius 2 is 2.12 bits per heavy atom. The summed E-state index contributed by atoms with van der Waals surface area (Å²) in [5.74, 6) is -0.645. The maximum absolute atomic E-state index is 12.2. The molecule has 1 aliphatic carbocycles. The number of hydrogen-bond donors (Lipinski definition) is 1. The van der Waals surface area contributed by atoms with Gasteiger partial charge >= 0.3 is 5.97 Å². The van der Waals surface area contributed by atoms with Gasteiger partial charge in [-0.2, -0.15) is 5.10 Å². The average Bonchev–Trinajstić information content (AvgIpc) is 3.03. The van der Waals surface area contributed by atoms with Gasteiger partial charge in [-0.05, 0) is 37.0 Å². The highest BCUT2D eigenvalue weighted by Crippen LogP contribution is 2.32. The van der Waals surface area contributed by atoms with E-state index in [1.807, 2.05) is 12.1 Å². The van der Waals surface area contributed by atoms with Gasteiger partial charge in [0, 0.05) is 22.8 Å². The second-order valence-corrected chi connectivity index (χ2v) is 6.51. The van der Waals surface area contributed by atoms with E-state index in [1.54, 1.807) is 23.0 Å². The molecule has 1 aromatic heterocycles. The molecule has 2 aromatic rings. The Morgan fingerprint density at radius 1 is 1.36 bits per heavy atom. The number of methoxy groups -OCH3 is 1. The number of fused-ring (bicyclic) bond motifs is 1. The van der Waals surface area contributed by atoms with Crippen molar-refractivity contribution >= 4 is 23.5 Å². The normalized spacial score (nSPS) is 16.2. The Bertz CT molecular complexity index is 770. The number of nitrogens with zero attached hydrogens (tertiary/aromatic N) is 2. The molecule has 6 nitrogen and oxygen atoms in total. The van der Waals surface area contributed by atoms with Crippen LogP contribution >= 0.6 is 11.6 Å². The number of halogens is 1. The molecule has 0 fully saturated rings. The molecule has 1 atom stereocenters. The number of amides is 1. The summed E-state index contributed by atoms with van der Waals surface area (Å²) in [4.78, 5) is 24.1. The summed E-state index contributed by atoms with van der Waals surface area (Å²) < 4.78 is 6.55. The third-order valence-electron chi connectivity index (χ3n) is 4.44. The van der Waals surface area contributed by atoms with Gasteiger partial charge in [0.25, 0.3) is 0 Å². The quantitative estimate of drug-likeness (QED) is 0.830. The fourth-order valence-corrected chi connectivity index (χ4v) is 3.26. The molecule has 0 aliphatic heterocycles. The molecule has 25 heavy (non-hydrogen) atoms. The van der Waals surface area contributed by atoms with E-state index in [1.165, 1.54) is 7.11 Å². The predicted octanol–water partition coefficient (Wildman–Crippen LogP) is 2.45. The molecule has 3 rings (SSSR count). The van der Waals surface area contributed by atoms with Crippen LogP contribution in [0.1, 0.15) is 35.6 Å². The van der Waals surface area contributed by atoms with E-state index in [0.29, 0.717) is 11.6 Å². The molecule has 0 radical (unpaired) electrons. The van der Waals surface area contributed by atoms with Crippen LogP contribution in [0.25, 0.3) is 0 Å². The lowest BCUT2D eigenvalue weighted by atomic mass is 9.87. The minimum Gasteiger partial charge on any atom is -0.469 e. The van der Waals surface area contributed by atoms with Crippen molar-refractivity contribution in [3.63, 3.8) is 0 Å². The zero-order chi connectivity index (χ0) is 17.8. The fourth-order valence-electron chi connectivity index (χ4n) is 3.14. The number of benzene rings is 1. The summed E-state index contributed by atoms with van der Waals surface area (Å²) in [6.45, 7) is 0.570.